The lowest BCUT2D eigenvalue weighted by atomic mass is 9.96. The van der Waals surface area contributed by atoms with Crippen LogP contribution in [0.4, 0.5) is 18.4 Å². The lowest BCUT2D eigenvalue weighted by Gasteiger charge is -2.30. The molecule has 2 fully saturated rings. The molecule has 1 saturated heterocycles. The van der Waals surface area contributed by atoms with Crippen molar-refractivity contribution in [2.45, 2.75) is 83.7 Å². The summed E-state index contributed by atoms with van der Waals surface area (Å²) in [4.78, 5) is 53.7. The molecular weight excluding hydrogens is 588 g/mol. The van der Waals surface area contributed by atoms with Gasteiger partial charge in [-0.05, 0) is 58.6 Å². The van der Waals surface area contributed by atoms with Crippen LogP contribution in [0.15, 0.2) is 47.4 Å². The number of ether oxygens (including phenoxy) is 3. The number of hydrogen-bond donors (Lipinski definition) is 1. The van der Waals surface area contributed by atoms with Crippen LogP contribution in [-0.2, 0) is 27.2 Å². The molecule has 2 atom stereocenters. The number of benzene rings is 2. The zero-order chi connectivity index (χ0) is 32.5. The fourth-order valence-electron chi connectivity index (χ4n) is 5.70. The van der Waals surface area contributed by atoms with Crippen LogP contribution in [0.1, 0.15) is 74.5 Å². The maximum absolute atomic E-state index is 15.8. The second-order valence-electron chi connectivity index (χ2n) is 12.3. The van der Waals surface area contributed by atoms with E-state index < -0.39 is 52.9 Å². The molecule has 1 saturated carbocycles. The number of pyridine rings is 1. The van der Waals surface area contributed by atoms with Gasteiger partial charge in [0.25, 0.3) is 0 Å². The molecule has 0 spiro atoms. The number of nitrogens with one attached hydrogen (secondary N) is 1. The first kappa shape index (κ1) is 31.9. The van der Waals surface area contributed by atoms with Gasteiger partial charge in [0.15, 0.2) is 11.6 Å². The van der Waals surface area contributed by atoms with E-state index in [4.69, 9.17) is 14.2 Å². The number of carbonyl (C=O) groups is 3. The Morgan fingerprint density at radius 3 is 2.40 bits per heavy atom. The van der Waals surface area contributed by atoms with E-state index in [0.29, 0.717) is 19.3 Å². The standard InChI is InChI=1S/C33H37F2N3O7/c1-5-43-30(40)23-17-38(20-11-12-20)28-21(27(35)24(34)15-22(28)29(23)39)16-26-25(36-31(41)45-33(2,3)4)13-14-37(26)32(42)44-18-19-9-7-6-8-10-19/h6-10,15,17,20,25-26H,5,11-14,16,18H2,1-4H3,(H,36,41)/t25-,26-/m1/s1. The Labute approximate surface area is 259 Å². The van der Waals surface area contributed by atoms with Gasteiger partial charge < -0.3 is 29.0 Å². The molecule has 10 nitrogen and oxygen atoms in total. The third-order valence-electron chi connectivity index (χ3n) is 7.84. The number of alkyl carbamates (subject to hydrolysis) is 1. The van der Waals surface area contributed by atoms with E-state index in [1.807, 2.05) is 18.2 Å². The Bertz CT molecular complexity index is 1660. The molecule has 0 radical (unpaired) electrons. The summed E-state index contributed by atoms with van der Waals surface area (Å²) < 4.78 is 48.8. The second-order valence-corrected chi connectivity index (χ2v) is 12.3. The normalized spacial score (nSPS) is 18.1. The maximum atomic E-state index is 15.8. The van der Waals surface area contributed by atoms with Crippen LogP contribution in [0.2, 0.25) is 0 Å². The summed E-state index contributed by atoms with van der Waals surface area (Å²) in [5.74, 6) is -3.30. The molecule has 2 amide bonds. The zero-order valence-electron chi connectivity index (χ0n) is 25.7. The van der Waals surface area contributed by atoms with Crippen molar-refractivity contribution < 1.29 is 37.4 Å². The van der Waals surface area contributed by atoms with Crippen molar-refractivity contribution in [1.29, 1.82) is 0 Å². The van der Waals surface area contributed by atoms with Crippen LogP contribution >= 0.6 is 0 Å². The van der Waals surface area contributed by atoms with Crippen molar-refractivity contribution in [2.24, 2.45) is 0 Å². The van der Waals surface area contributed by atoms with Gasteiger partial charge in [-0.3, -0.25) is 4.79 Å². The smallest absolute Gasteiger partial charge is 0.410 e. The van der Waals surface area contributed by atoms with E-state index >= 15 is 8.78 Å². The molecule has 2 heterocycles. The molecular formula is C33H37F2N3O7. The number of hydrogen-bond acceptors (Lipinski definition) is 7. The quantitative estimate of drug-likeness (QED) is 0.255. The predicted molar refractivity (Wildman–Crippen MR) is 161 cm³/mol. The third-order valence-corrected chi connectivity index (χ3v) is 7.84. The summed E-state index contributed by atoms with van der Waals surface area (Å²) in [5.41, 5.74) is -1.10. The van der Waals surface area contributed by atoms with Crippen molar-refractivity contribution in [3.63, 3.8) is 0 Å². The largest absolute Gasteiger partial charge is 0.462 e. The molecule has 5 rings (SSSR count). The van der Waals surface area contributed by atoms with Gasteiger partial charge in [-0.2, -0.15) is 0 Å². The number of amides is 2. The lowest BCUT2D eigenvalue weighted by molar-refractivity contribution is 0.0480. The molecule has 1 aromatic heterocycles. The molecule has 1 N–H and O–H groups in total. The highest BCUT2D eigenvalue weighted by Crippen LogP contribution is 2.39. The van der Waals surface area contributed by atoms with Gasteiger partial charge in [-0.1, -0.05) is 30.3 Å². The Morgan fingerprint density at radius 1 is 1.04 bits per heavy atom. The number of rotatable bonds is 8. The van der Waals surface area contributed by atoms with E-state index in [1.165, 1.54) is 11.1 Å². The number of carbonyl (C=O) groups excluding carboxylic acids is 3. The van der Waals surface area contributed by atoms with Gasteiger partial charge in [0.2, 0.25) is 5.43 Å². The van der Waals surface area contributed by atoms with Gasteiger partial charge in [-0.15, -0.1) is 0 Å². The summed E-state index contributed by atoms with van der Waals surface area (Å²) in [5, 5.41) is 2.62. The number of aromatic nitrogens is 1. The molecule has 45 heavy (non-hydrogen) atoms. The molecule has 0 unspecified atom stereocenters. The van der Waals surface area contributed by atoms with Gasteiger partial charge in [0.05, 0.1) is 24.2 Å². The Morgan fingerprint density at radius 2 is 1.76 bits per heavy atom. The minimum Gasteiger partial charge on any atom is -0.462 e. The molecule has 2 aliphatic rings. The predicted octanol–water partition coefficient (Wildman–Crippen LogP) is 5.64. The van der Waals surface area contributed by atoms with Gasteiger partial charge >= 0.3 is 18.2 Å². The van der Waals surface area contributed by atoms with E-state index in [-0.39, 0.29) is 54.3 Å². The van der Waals surface area contributed by atoms with Crippen molar-refractivity contribution in [1.82, 2.24) is 14.8 Å². The number of fused-ring (bicyclic) bond motifs is 1. The van der Waals surface area contributed by atoms with Crippen molar-refractivity contribution in [3.8, 4) is 0 Å². The molecule has 2 aromatic carbocycles. The first-order valence-electron chi connectivity index (χ1n) is 15.1. The van der Waals surface area contributed by atoms with E-state index in [9.17, 15) is 19.2 Å². The summed E-state index contributed by atoms with van der Waals surface area (Å²) in [6.07, 6.45) is 1.38. The topological polar surface area (TPSA) is 116 Å². The van der Waals surface area contributed by atoms with Crippen molar-refractivity contribution >= 4 is 29.1 Å². The van der Waals surface area contributed by atoms with Crippen LogP contribution in [0.3, 0.4) is 0 Å². The monoisotopic (exact) mass is 625 g/mol. The van der Waals surface area contributed by atoms with Gasteiger partial charge in [0, 0.05) is 36.2 Å². The maximum Gasteiger partial charge on any atom is 0.410 e. The Kier molecular flexibility index (Phi) is 9.13. The number of esters is 1. The summed E-state index contributed by atoms with van der Waals surface area (Å²) in [7, 11) is 0. The highest BCUT2D eigenvalue weighted by Gasteiger charge is 2.41. The average Bonchev–Trinajstić information content (AvgIpc) is 3.76. The Balaban J connectivity index is 1.56. The first-order chi connectivity index (χ1) is 21.4. The number of likely N-dealkylation sites (tertiary alicyclic amines) is 1. The van der Waals surface area contributed by atoms with Crippen LogP contribution < -0.4 is 10.7 Å². The highest BCUT2D eigenvalue weighted by atomic mass is 19.2. The highest BCUT2D eigenvalue weighted by molar-refractivity contribution is 5.94. The molecule has 1 aliphatic heterocycles. The van der Waals surface area contributed by atoms with E-state index in [0.717, 1.165) is 11.6 Å². The number of halogens is 2. The number of nitrogens with zero attached hydrogens (tertiary/aromatic N) is 2. The van der Waals surface area contributed by atoms with Crippen molar-refractivity contribution in [3.05, 3.63) is 81.1 Å². The minimum absolute atomic E-state index is 0.0117. The fourth-order valence-corrected chi connectivity index (χ4v) is 5.70. The fraction of sp³-hybridized carbons (Fsp3) is 0.455. The van der Waals surface area contributed by atoms with Crippen LogP contribution in [0, 0.1) is 11.6 Å². The van der Waals surface area contributed by atoms with Gasteiger partial charge in [0.1, 0.15) is 17.8 Å². The Hall–Kier alpha value is -4.48. The van der Waals surface area contributed by atoms with Gasteiger partial charge in [-0.25, -0.2) is 23.2 Å². The first-order valence-corrected chi connectivity index (χ1v) is 15.1. The van der Waals surface area contributed by atoms with E-state index in [1.54, 1.807) is 44.4 Å². The molecule has 3 aromatic rings. The van der Waals surface area contributed by atoms with Crippen LogP contribution in [0.25, 0.3) is 10.9 Å². The zero-order valence-corrected chi connectivity index (χ0v) is 25.7. The lowest BCUT2D eigenvalue weighted by Crippen LogP contribution is -2.49. The van der Waals surface area contributed by atoms with Crippen molar-refractivity contribution in [2.75, 3.05) is 13.2 Å². The van der Waals surface area contributed by atoms with Crippen LogP contribution in [-0.4, -0.2) is 58.5 Å². The summed E-state index contributed by atoms with van der Waals surface area (Å²) in [6, 6.07) is 8.14. The average molecular weight is 626 g/mol. The summed E-state index contributed by atoms with van der Waals surface area (Å²) >= 11 is 0. The molecule has 240 valence electrons. The SMILES string of the molecule is CCOC(=O)c1cn(C2CC2)c2c(C[C@@H]3[C@H](NC(=O)OC(C)(C)C)CCN3C(=O)OCc3ccccc3)c(F)c(F)cc2c1=O. The van der Waals surface area contributed by atoms with Crippen LogP contribution in [0.5, 0.6) is 0 Å². The third kappa shape index (κ3) is 7.10. The second kappa shape index (κ2) is 12.9. The summed E-state index contributed by atoms with van der Waals surface area (Å²) in [6.45, 7) is 6.92. The minimum atomic E-state index is -1.27. The molecule has 1 aliphatic carbocycles. The molecule has 12 heteroatoms. The molecule has 0 bridgehead atoms. The van der Waals surface area contributed by atoms with E-state index in [2.05, 4.69) is 5.32 Å².